The van der Waals surface area contributed by atoms with Gasteiger partial charge in [0.05, 0.1) is 5.02 Å². The van der Waals surface area contributed by atoms with Crippen molar-refractivity contribution < 1.29 is 14.3 Å². The maximum atomic E-state index is 12.3. The molecular weight excluding hydrogens is 408 g/mol. The number of nitrogens with one attached hydrogen (secondary N) is 1. The summed E-state index contributed by atoms with van der Waals surface area (Å²) < 4.78 is 6.05. The van der Waals surface area contributed by atoms with E-state index in [9.17, 15) is 9.59 Å². The molecule has 0 bridgehead atoms. The fourth-order valence-corrected chi connectivity index (χ4v) is 4.52. The van der Waals surface area contributed by atoms with Crippen LogP contribution in [0.3, 0.4) is 0 Å². The van der Waals surface area contributed by atoms with Crippen LogP contribution in [0.5, 0.6) is 0 Å². The number of carbonyl (C=O) groups is 2. The molecular formula is C22H23ClN2O3S. The number of rotatable bonds is 7. The minimum Gasteiger partial charge on any atom is -0.451 e. The van der Waals surface area contributed by atoms with E-state index in [1.165, 1.54) is 11.3 Å². The molecule has 0 fully saturated rings. The zero-order chi connectivity index (χ0) is 21.0. The van der Waals surface area contributed by atoms with Gasteiger partial charge in [0.25, 0.3) is 5.91 Å². The molecule has 1 aromatic heterocycles. The monoisotopic (exact) mass is 430 g/mol. The summed E-state index contributed by atoms with van der Waals surface area (Å²) >= 11 is 7.53. The number of ether oxygens (including phenoxy) is 1. The van der Waals surface area contributed by atoms with Gasteiger partial charge in [-0.1, -0.05) is 29.8 Å². The molecule has 0 aliphatic rings. The molecule has 1 N–H and O–H groups in total. The van der Waals surface area contributed by atoms with Crippen molar-refractivity contribution in [2.24, 2.45) is 0 Å². The molecule has 0 saturated heterocycles. The molecule has 1 heterocycles. The molecule has 2 aromatic carbocycles. The minimum atomic E-state index is -0.600. The largest absolute Gasteiger partial charge is 0.451 e. The van der Waals surface area contributed by atoms with Gasteiger partial charge in [0.1, 0.15) is 4.88 Å². The summed E-state index contributed by atoms with van der Waals surface area (Å²) in [4.78, 5) is 27.0. The van der Waals surface area contributed by atoms with Gasteiger partial charge >= 0.3 is 5.97 Å². The Kier molecular flexibility index (Phi) is 6.77. The summed E-state index contributed by atoms with van der Waals surface area (Å²) in [6.07, 6.45) is 0. The Labute approximate surface area is 179 Å². The van der Waals surface area contributed by atoms with Crippen molar-refractivity contribution in [3.63, 3.8) is 0 Å². The SMILES string of the molecule is CCN(c1ccc(NC(=O)COC(=O)c2sc3ccccc3c2Cl)cc1)C(C)C. The first-order valence-electron chi connectivity index (χ1n) is 9.41. The van der Waals surface area contributed by atoms with Gasteiger partial charge in [0.15, 0.2) is 6.61 Å². The van der Waals surface area contributed by atoms with Crippen LogP contribution in [0.15, 0.2) is 48.5 Å². The van der Waals surface area contributed by atoms with E-state index in [-0.39, 0.29) is 6.61 Å². The van der Waals surface area contributed by atoms with E-state index >= 15 is 0 Å². The second kappa shape index (κ2) is 9.29. The van der Waals surface area contributed by atoms with Gasteiger partial charge in [-0.2, -0.15) is 0 Å². The van der Waals surface area contributed by atoms with Crippen LogP contribution in [0, 0.1) is 0 Å². The van der Waals surface area contributed by atoms with Crippen LogP contribution < -0.4 is 10.2 Å². The van der Waals surface area contributed by atoms with Crippen LogP contribution >= 0.6 is 22.9 Å². The van der Waals surface area contributed by atoms with E-state index in [1.54, 1.807) is 0 Å². The second-order valence-electron chi connectivity index (χ2n) is 6.79. The summed E-state index contributed by atoms with van der Waals surface area (Å²) in [5, 5.41) is 3.90. The third-order valence-corrected chi connectivity index (χ3v) is 6.16. The standard InChI is InChI=1S/C22H23ClN2O3S/c1-4-25(14(2)3)16-11-9-15(10-12-16)24-19(26)13-28-22(27)21-20(23)17-7-5-6-8-18(17)29-21/h5-12,14H,4,13H2,1-3H3,(H,24,26). The maximum absolute atomic E-state index is 12.3. The first kappa shape index (κ1) is 21.1. The number of anilines is 2. The maximum Gasteiger partial charge on any atom is 0.350 e. The lowest BCUT2D eigenvalue weighted by Gasteiger charge is -2.27. The normalized spacial score (nSPS) is 10.9. The third-order valence-electron chi connectivity index (χ3n) is 4.50. The molecule has 152 valence electrons. The number of hydrogen-bond donors (Lipinski definition) is 1. The van der Waals surface area contributed by atoms with Crippen molar-refractivity contribution in [3.8, 4) is 0 Å². The average Bonchev–Trinajstić information content (AvgIpc) is 3.05. The number of nitrogens with zero attached hydrogens (tertiary/aromatic N) is 1. The van der Waals surface area contributed by atoms with E-state index < -0.39 is 11.9 Å². The molecule has 0 atom stereocenters. The van der Waals surface area contributed by atoms with E-state index in [2.05, 4.69) is 31.0 Å². The average molecular weight is 431 g/mol. The van der Waals surface area contributed by atoms with Crippen molar-refractivity contribution in [2.75, 3.05) is 23.4 Å². The molecule has 29 heavy (non-hydrogen) atoms. The van der Waals surface area contributed by atoms with Crippen LogP contribution in [0.1, 0.15) is 30.4 Å². The van der Waals surface area contributed by atoms with Gasteiger partial charge in [-0.25, -0.2) is 4.79 Å². The third kappa shape index (κ3) is 4.89. The summed E-state index contributed by atoms with van der Waals surface area (Å²) in [5.41, 5.74) is 1.74. The van der Waals surface area contributed by atoms with Crippen LogP contribution in [0.2, 0.25) is 5.02 Å². The van der Waals surface area contributed by atoms with Crippen LogP contribution in [-0.2, 0) is 9.53 Å². The highest BCUT2D eigenvalue weighted by Crippen LogP contribution is 2.35. The number of benzene rings is 2. The Bertz CT molecular complexity index is 1010. The van der Waals surface area contributed by atoms with Crippen molar-refractivity contribution in [3.05, 3.63) is 58.4 Å². The Hall–Kier alpha value is -2.57. The number of amides is 1. The van der Waals surface area contributed by atoms with Crippen molar-refractivity contribution in [1.29, 1.82) is 0 Å². The molecule has 5 nitrogen and oxygen atoms in total. The number of esters is 1. The Morgan fingerprint density at radius 3 is 2.45 bits per heavy atom. The molecule has 0 radical (unpaired) electrons. The molecule has 0 unspecified atom stereocenters. The number of carbonyl (C=O) groups excluding carboxylic acids is 2. The lowest BCUT2D eigenvalue weighted by atomic mass is 10.2. The van der Waals surface area contributed by atoms with Gasteiger partial charge in [0.2, 0.25) is 0 Å². The summed E-state index contributed by atoms with van der Waals surface area (Å²) in [5.74, 6) is -1.00. The predicted molar refractivity (Wildman–Crippen MR) is 120 cm³/mol. The Morgan fingerprint density at radius 2 is 1.83 bits per heavy atom. The molecule has 0 spiro atoms. The minimum absolute atomic E-state index is 0.304. The van der Waals surface area contributed by atoms with Gasteiger partial charge in [-0.15, -0.1) is 11.3 Å². The predicted octanol–water partition coefficient (Wildman–Crippen LogP) is 5.58. The molecule has 0 aliphatic carbocycles. The smallest absolute Gasteiger partial charge is 0.350 e. The molecule has 7 heteroatoms. The first-order chi connectivity index (χ1) is 13.9. The fraction of sp³-hybridized carbons (Fsp3) is 0.273. The highest BCUT2D eigenvalue weighted by atomic mass is 35.5. The highest BCUT2D eigenvalue weighted by Gasteiger charge is 2.19. The zero-order valence-electron chi connectivity index (χ0n) is 16.6. The lowest BCUT2D eigenvalue weighted by Crippen LogP contribution is -2.30. The zero-order valence-corrected chi connectivity index (χ0v) is 18.1. The van der Waals surface area contributed by atoms with E-state index in [0.717, 1.165) is 22.3 Å². The molecule has 1 amide bonds. The first-order valence-corrected chi connectivity index (χ1v) is 10.6. The summed E-state index contributed by atoms with van der Waals surface area (Å²) in [6, 6.07) is 15.5. The van der Waals surface area contributed by atoms with Crippen LogP contribution in [-0.4, -0.2) is 31.1 Å². The van der Waals surface area contributed by atoms with Crippen LogP contribution in [0.25, 0.3) is 10.1 Å². The number of thiophene rings is 1. The summed E-state index contributed by atoms with van der Waals surface area (Å²) in [6.45, 7) is 6.90. The molecule has 0 saturated carbocycles. The summed E-state index contributed by atoms with van der Waals surface area (Å²) in [7, 11) is 0. The number of hydrogen-bond acceptors (Lipinski definition) is 5. The number of fused-ring (bicyclic) bond motifs is 1. The number of halogens is 1. The Balaban J connectivity index is 1.58. The van der Waals surface area contributed by atoms with Crippen molar-refractivity contribution in [2.45, 2.75) is 26.8 Å². The van der Waals surface area contributed by atoms with E-state index in [0.29, 0.717) is 21.6 Å². The van der Waals surface area contributed by atoms with E-state index in [1.807, 2.05) is 48.5 Å². The van der Waals surface area contributed by atoms with Crippen molar-refractivity contribution >= 4 is 56.3 Å². The van der Waals surface area contributed by atoms with Gasteiger partial charge in [-0.3, -0.25) is 4.79 Å². The van der Waals surface area contributed by atoms with Gasteiger partial charge in [0, 0.05) is 34.0 Å². The highest BCUT2D eigenvalue weighted by molar-refractivity contribution is 7.21. The molecule has 0 aliphatic heterocycles. The molecule has 3 rings (SSSR count). The topological polar surface area (TPSA) is 58.6 Å². The lowest BCUT2D eigenvalue weighted by molar-refractivity contribution is -0.119. The quantitative estimate of drug-likeness (QED) is 0.497. The van der Waals surface area contributed by atoms with Crippen molar-refractivity contribution in [1.82, 2.24) is 0 Å². The van der Waals surface area contributed by atoms with Gasteiger partial charge in [-0.05, 0) is 51.1 Å². The van der Waals surface area contributed by atoms with Crippen LogP contribution in [0.4, 0.5) is 11.4 Å². The second-order valence-corrected chi connectivity index (χ2v) is 8.22. The Morgan fingerprint density at radius 1 is 1.14 bits per heavy atom. The fourth-order valence-electron chi connectivity index (χ4n) is 3.12. The molecule has 3 aromatic rings. The van der Waals surface area contributed by atoms with E-state index in [4.69, 9.17) is 16.3 Å². The van der Waals surface area contributed by atoms with Gasteiger partial charge < -0.3 is 15.0 Å².